The number of rotatable bonds is 2. The van der Waals surface area contributed by atoms with Gasteiger partial charge in [0.05, 0.1) is 11.8 Å². The van der Waals surface area contributed by atoms with Gasteiger partial charge in [-0.1, -0.05) is 5.16 Å². The largest absolute Gasteiger partial charge is 0.339 e. The molecule has 4 heterocycles. The highest BCUT2D eigenvalue weighted by molar-refractivity contribution is 5.72. The molecular weight excluding hydrogens is 292 g/mol. The van der Waals surface area contributed by atoms with Crippen molar-refractivity contribution in [3.63, 3.8) is 0 Å². The van der Waals surface area contributed by atoms with Crippen molar-refractivity contribution < 1.29 is 4.52 Å². The third kappa shape index (κ3) is 2.50. The standard InChI is InChI=1S/C16H20N6O/c1-9-7-12(4-5-17-9)16-20-14(21-23-16)13-8-18-22-11(3)6-10(2)19-15(13)22/h6,8-9,12,17H,4-5,7H2,1-3H3/t9-,12-/m0/s1. The molecule has 1 aliphatic heterocycles. The number of nitrogens with one attached hydrogen (secondary N) is 1. The van der Waals surface area contributed by atoms with Crippen molar-refractivity contribution in [3.05, 3.63) is 29.5 Å². The molecule has 0 saturated carbocycles. The summed E-state index contributed by atoms with van der Waals surface area (Å²) in [4.78, 5) is 9.20. The van der Waals surface area contributed by atoms with Crippen molar-refractivity contribution >= 4 is 5.65 Å². The Kier molecular flexibility index (Phi) is 3.37. The normalized spacial score (nSPS) is 21.9. The molecule has 7 heteroatoms. The van der Waals surface area contributed by atoms with E-state index in [9.17, 15) is 0 Å². The highest BCUT2D eigenvalue weighted by atomic mass is 16.5. The molecule has 1 saturated heterocycles. The maximum absolute atomic E-state index is 5.53. The van der Waals surface area contributed by atoms with Crippen LogP contribution < -0.4 is 5.32 Å². The van der Waals surface area contributed by atoms with E-state index in [4.69, 9.17) is 4.52 Å². The molecule has 0 aromatic carbocycles. The van der Waals surface area contributed by atoms with Crippen molar-refractivity contribution in [1.29, 1.82) is 0 Å². The van der Waals surface area contributed by atoms with Crippen LogP contribution in [-0.4, -0.2) is 37.3 Å². The van der Waals surface area contributed by atoms with Crippen LogP contribution in [-0.2, 0) is 0 Å². The van der Waals surface area contributed by atoms with Crippen LogP contribution in [0.4, 0.5) is 0 Å². The first-order valence-electron chi connectivity index (χ1n) is 8.01. The third-order valence-corrected chi connectivity index (χ3v) is 4.43. The van der Waals surface area contributed by atoms with Crippen LogP contribution in [0.25, 0.3) is 17.0 Å². The van der Waals surface area contributed by atoms with E-state index >= 15 is 0 Å². The summed E-state index contributed by atoms with van der Waals surface area (Å²) in [5.41, 5.74) is 3.57. The van der Waals surface area contributed by atoms with Gasteiger partial charge in [-0.15, -0.1) is 0 Å². The lowest BCUT2D eigenvalue weighted by atomic mass is 9.93. The Hall–Kier alpha value is -2.28. The van der Waals surface area contributed by atoms with Gasteiger partial charge < -0.3 is 9.84 Å². The Balaban J connectivity index is 1.72. The summed E-state index contributed by atoms with van der Waals surface area (Å²) < 4.78 is 7.34. The van der Waals surface area contributed by atoms with Gasteiger partial charge in [0.2, 0.25) is 11.7 Å². The quantitative estimate of drug-likeness (QED) is 0.781. The molecule has 1 aliphatic rings. The second kappa shape index (κ2) is 5.42. The maximum atomic E-state index is 5.53. The fourth-order valence-corrected chi connectivity index (χ4v) is 3.29. The van der Waals surface area contributed by atoms with Gasteiger partial charge in [-0.2, -0.15) is 10.1 Å². The van der Waals surface area contributed by atoms with Crippen LogP contribution in [0.2, 0.25) is 0 Å². The summed E-state index contributed by atoms with van der Waals surface area (Å²) in [6.45, 7) is 7.16. The van der Waals surface area contributed by atoms with E-state index in [1.165, 1.54) is 0 Å². The summed E-state index contributed by atoms with van der Waals surface area (Å²) in [6, 6.07) is 2.48. The van der Waals surface area contributed by atoms with Crippen LogP contribution in [0.3, 0.4) is 0 Å². The van der Waals surface area contributed by atoms with E-state index in [-0.39, 0.29) is 0 Å². The SMILES string of the molecule is Cc1cc(C)n2ncc(-c3noc([C@H]4CCN[C@@H](C)C4)n3)c2n1. The predicted octanol–water partition coefficient (Wildman–Crippen LogP) is 2.25. The molecule has 3 aromatic rings. The van der Waals surface area contributed by atoms with Crippen molar-refractivity contribution in [2.24, 2.45) is 0 Å². The van der Waals surface area contributed by atoms with Crippen molar-refractivity contribution in [3.8, 4) is 11.4 Å². The van der Waals surface area contributed by atoms with E-state index in [0.29, 0.717) is 17.8 Å². The molecule has 1 fully saturated rings. The summed E-state index contributed by atoms with van der Waals surface area (Å²) in [7, 11) is 0. The Labute approximate surface area is 134 Å². The second-order valence-electron chi connectivity index (χ2n) is 6.37. The molecule has 2 atom stereocenters. The molecule has 0 spiro atoms. The summed E-state index contributed by atoms with van der Waals surface area (Å²) >= 11 is 0. The molecular formula is C16H20N6O. The zero-order valence-corrected chi connectivity index (χ0v) is 13.6. The Morgan fingerprint density at radius 1 is 1.30 bits per heavy atom. The zero-order valence-electron chi connectivity index (χ0n) is 13.6. The van der Waals surface area contributed by atoms with Crippen molar-refractivity contribution in [2.75, 3.05) is 6.54 Å². The molecule has 0 radical (unpaired) electrons. The predicted molar refractivity (Wildman–Crippen MR) is 85.2 cm³/mol. The van der Waals surface area contributed by atoms with Gasteiger partial charge in [0.1, 0.15) is 0 Å². The first-order valence-corrected chi connectivity index (χ1v) is 8.01. The van der Waals surface area contributed by atoms with Gasteiger partial charge in [-0.25, -0.2) is 9.50 Å². The minimum Gasteiger partial charge on any atom is -0.339 e. The molecule has 3 aromatic heterocycles. The number of hydrogen-bond acceptors (Lipinski definition) is 6. The Morgan fingerprint density at radius 3 is 3.00 bits per heavy atom. The molecule has 23 heavy (non-hydrogen) atoms. The summed E-state index contributed by atoms with van der Waals surface area (Å²) in [5.74, 6) is 1.61. The molecule has 7 nitrogen and oxygen atoms in total. The topological polar surface area (TPSA) is 81.1 Å². The highest BCUT2D eigenvalue weighted by Crippen LogP contribution is 2.29. The number of hydrogen-bond donors (Lipinski definition) is 1. The van der Waals surface area contributed by atoms with Crippen LogP contribution in [0, 0.1) is 13.8 Å². The monoisotopic (exact) mass is 312 g/mol. The summed E-state index contributed by atoms with van der Waals surface area (Å²) in [5, 5.41) is 12.0. The first kappa shape index (κ1) is 14.3. The first-order chi connectivity index (χ1) is 11.1. The average Bonchev–Trinajstić information content (AvgIpc) is 3.13. The van der Waals surface area contributed by atoms with Crippen LogP contribution >= 0.6 is 0 Å². The minimum atomic E-state index is 0.325. The Morgan fingerprint density at radius 2 is 2.17 bits per heavy atom. The molecule has 120 valence electrons. The molecule has 0 amide bonds. The van der Waals surface area contributed by atoms with E-state index in [2.05, 4.69) is 32.5 Å². The van der Waals surface area contributed by atoms with Gasteiger partial charge in [-0.3, -0.25) is 0 Å². The van der Waals surface area contributed by atoms with Gasteiger partial charge in [-0.05, 0) is 46.2 Å². The van der Waals surface area contributed by atoms with E-state index < -0.39 is 0 Å². The summed E-state index contributed by atoms with van der Waals surface area (Å²) in [6.07, 6.45) is 3.80. The number of piperidine rings is 1. The average molecular weight is 312 g/mol. The zero-order chi connectivity index (χ0) is 16.0. The van der Waals surface area contributed by atoms with Crippen LogP contribution in [0.15, 0.2) is 16.8 Å². The number of nitrogens with zero attached hydrogens (tertiary/aromatic N) is 5. The second-order valence-corrected chi connectivity index (χ2v) is 6.37. The van der Waals surface area contributed by atoms with Crippen LogP contribution in [0.1, 0.15) is 43.0 Å². The van der Waals surface area contributed by atoms with Gasteiger partial charge in [0.15, 0.2) is 5.65 Å². The van der Waals surface area contributed by atoms with E-state index in [1.807, 2.05) is 24.4 Å². The molecule has 4 rings (SSSR count). The van der Waals surface area contributed by atoms with Gasteiger partial charge in [0, 0.05) is 23.3 Å². The highest BCUT2D eigenvalue weighted by Gasteiger charge is 2.26. The molecule has 1 N–H and O–H groups in total. The number of aromatic nitrogens is 5. The lowest BCUT2D eigenvalue weighted by Crippen LogP contribution is -2.34. The number of fused-ring (bicyclic) bond motifs is 1. The maximum Gasteiger partial charge on any atom is 0.230 e. The van der Waals surface area contributed by atoms with Crippen molar-refractivity contribution in [2.45, 2.75) is 45.6 Å². The van der Waals surface area contributed by atoms with E-state index in [1.54, 1.807) is 6.20 Å². The van der Waals surface area contributed by atoms with E-state index in [0.717, 1.165) is 47.9 Å². The number of aryl methyl sites for hydroxylation is 2. The lowest BCUT2D eigenvalue weighted by Gasteiger charge is -2.25. The van der Waals surface area contributed by atoms with Gasteiger partial charge >= 0.3 is 0 Å². The van der Waals surface area contributed by atoms with Crippen molar-refractivity contribution in [1.82, 2.24) is 30.1 Å². The fourth-order valence-electron chi connectivity index (χ4n) is 3.29. The van der Waals surface area contributed by atoms with Gasteiger partial charge in [0.25, 0.3) is 0 Å². The van der Waals surface area contributed by atoms with Crippen LogP contribution in [0.5, 0.6) is 0 Å². The smallest absolute Gasteiger partial charge is 0.230 e. The molecule has 0 unspecified atom stereocenters. The molecule has 0 bridgehead atoms. The Bertz CT molecular complexity index is 851. The minimum absolute atomic E-state index is 0.325. The third-order valence-electron chi connectivity index (χ3n) is 4.43. The lowest BCUT2D eigenvalue weighted by molar-refractivity contribution is 0.295. The molecule has 0 aliphatic carbocycles. The fraction of sp³-hybridized carbons (Fsp3) is 0.500.